The van der Waals surface area contributed by atoms with Gasteiger partial charge in [0, 0.05) is 0 Å². The van der Waals surface area contributed by atoms with E-state index < -0.39 is 12.3 Å². The van der Waals surface area contributed by atoms with Crippen LogP contribution in [-0.4, -0.2) is 33.1 Å². The normalized spacial score (nSPS) is 8.38. The van der Waals surface area contributed by atoms with Gasteiger partial charge in [0.1, 0.15) is 6.42 Å². The van der Waals surface area contributed by atoms with E-state index in [0.717, 1.165) is 0 Å². The molecule has 0 saturated carbocycles. The number of carboxylic acids is 1. The van der Waals surface area contributed by atoms with Crippen molar-refractivity contribution in [3.8, 4) is 0 Å². The largest absolute Gasteiger partial charge is 0.481 e. The lowest BCUT2D eigenvalue weighted by Gasteiger charge is -1.92. The number of aliphatic carboxylic acids is 1. The summed E-state index contributed by atoms with van der Waals surface area (Å²) in [5.41, 5.74) is 0. The molecule has 0 aromatic heterocycles. The second kappa shape index (κ2) is 4.51. The van der Waals surface area contributed by atoms with Crippen molar-refractivity contribution in [3.63, 3.8) is 0 Å². The Hall–Kier alpha value is -0.650. The minimum Gasteiger partial charge on any atom is -0.481 e. The SMILES string of the molecule is O.O=C(O)[CH]C(O)O. The lowest BCUT2D eigenvalue weighted by molar-refractivity contribution is -0.137. The molecule has 0 bridgehead atoms. The fourth-order valence-corrected chi connectivity index (χ4v) is 0.128. The zero-order valence-corrected chi connectivity index (χ0v) is 3.90. The Bertz CT molecular complexity index is 68.1. The fourth-order valence-electron chi connectivity index (χ4n) is 0.128. The molecule has 0 amide bonds. The molecular weight excluding hydrogens is 116 g/mol. The highest BCUT2D eigenvalue weighted by Crippen LogP contribution is 1.80. The predicted molar refractivity (Wildman–Crippen MR) is 23.8 cm³/mol. The van der Waals surface area contributed by atoms with Crippen LogP contribution in [0.25, 0.3) is 0 Å². The first-order valence-electron chi connectivity index (χ1n) is 1.57. The molecule has 0 rings (SSSR count). The van der Waals surface area contributed by atoms with Gasteiger partial charge in [-0.15, -0.1) is 0 Å². The summed E-state index contributed by atoms with van der Waals surface area (Å²) in [6.07, 6.45) is -1.49. The number of hydrogen-bond acceptors (Lipinski definition) is 3. The third-order valence-corrected chi connectivity index (χ3v) is 0.292. The number of carbonyl (C=O) groups is 1. The minimum atomic E-state index is -1.85. The van der Waals surface area contributed by atoms with Crippen LogP contribution in [0, 0.1) is 6.42 Å². The molecule has 5 nitrogen and oxygen atoms in total. The molecule has 0 fully saturated rings. The Morgan fingerprint density at radius 2 is 1.88 bits per heavy atom. The van der Waals surface area contributed by atoms with Gasteiger partial charge >= 0.3 is 5.97 Å². The van der Waals surface area contributed by atoms with Gasteiger partial charge in [0.15, 0.2) is 6.29 Å². The molecule has 0 aromatic rings. The van der Waals surface area contributed by atoms with E-state index in [4.69, 9.17) is 15.3 Å². The Morgan fingerprint density at radius 1 is 1.50 bits per heavy atom. The van der Waals surface area contributed by atoms with Crippen molar-refractivity contribution in [2.45, 2.75) is 6.29 Å². The molecule has 5 N–H and O–H groups in total. The van der Waals surface area contributed by atoms with Crippen molar-refractivity contribution in [2.24, 2.45) is 0 Å². The number of aliphatic hydroxyl groups excluding tert-OH is 1. The van der Waals surface area contributed by atoms with E-state index in [9.17, 15) is 4.79 Å². The van der Waals surface area contributed by atoms with Gasteiger partial charge < -0.3 is 20.8 Å². The first-order valence-corrected chi connectivity index (χ1v) is 1.57. The predicted octanol–water partition coefficient (Wildman–Crippen LogP) is -2.24. The van der Waals surface area contributed by atoms with Crippen LogP contribution in [0.4, 0.5) is 0 Å². The van der Waals surface area contributed by atoms with Crippen LogP contribution in [0.15, 0.2) is 0 Å². The zero-order valence-electron chi connectivity index (χ0n) is 3.90. The molecule has 0 atom stereocenters. The molecule has 5 heteroatoms. The maximum Gasteiger partial charge on any atom is 0.312 e. The van der Waals surface area contributed by atoms with Crippen molar-refractivity contribution < 1.29 is 25.6 Å². The van der Waals surface area contributed by atoms with Crippen LogP contribution in [0.5, 0.6) is 0 Å². The lowest BCUT2D eigenvalue weighted by atomic mass is 10.4. The highest BCUT2D eigenvalue weighted by Gasteiger charge is 2.03. The van der Waals surface area contributed by atoms with Crippen LogP contribution in [-0.2, 0) is 4.79 Å². The van der Waals surface area contributed by atoms with Gasteiger partial charge in [0.25, 0.3) is 0 Å². The van der Waals surface area contributed by atoms with E-state index in [0.29, 0.717) is 6.42 Å². The molecule has 0 aliphatic carbocycles. The molecular formula is C3H7O5. The van der Waals surface area contributed by atoms with Crippen molar-refractivity contribution >= 4 is 5.97 Å². The second-order valence-corrected chi connectivity index (χ2v) is 0.919. The molecule has 0 heterocycles. The van der Waals surface area contributed by atoms with Crippen LogP contribution in [0.2, 0.25) is 0 Å². The van der Waals surface area contributed by atoms with E-state index in [2.05, 4.69) is 0 Å². The third-order valence-electron chi connectivity index (χ3n) is 0.292. The van der Waals surface area contributed by atoms with Crippen molar-refractivity contribution in [1.29, 1.82) is 0 Å². The smallest absolute Gasteiger partial charge is 0.312 e. The summed E-state index contributed by atoms with van der Waals surface area (Å²) in [6.45, 7) is 0. The molecule has 0 spiro atoms. The summed E-state index contributed by atoms with van der Waals surface area (Å²) in [5, 5.41) is 23.4. The summed E-state index contributed by atoms with van der Waals surface area (Å²) in [5.74, 6) is -1.34. The molecule has 49 valence electrons. The van der Waals surface area contributed by atoms with Crippen molar-refractivity contribution in [2.75, 3.05) is 0 Å². The number of hydrogen-bond donors (Lipinski definition) is 3. The van der Waals surface area contributed by atoms with Gasteiger partial charge in [0.2, 0.25) is 0 Å². The van der Waals surface area contributed by atoms with E-state index in [1.807, 2.05) is 0 Å². The van der Waals surface area contributed by atoms with Crippen LogP contribution < -0.4 is 0 Å². The Morgan fingerprint density at radius 3 is 1.88 bits per heavy atom. The molecule has 0 saturated heterocycles. The van der Waals surface area contributed by atoms with E-state index in [1.54, 1.807) is 0 Å². The number of carboxylic acid groups (broad SMARTS) is 1. The Labute approximate surface area is 45.5 Å². The van der Waals surface area contributed by atoms with Crippen molar-refractivity contribution in [1.82, 2.24) is 0 Å². The molecule has 0 aromatic carbocycles. The maximum atomic E-state index is 9.43. The third kappa shape index (κ3) is 9.02. The number of aliphatic hydroxyl groups is 2. The summed E-state index contributed by atoms with van der Waals surface area (Å²) in [4.78, 5) is 9.43. The quantitative estimate of drug-likeness (QED) is 0.360. The van der Waals surface area contributed by atoms with Gasteiger partial charge in [-0.05, 0) is 0 Å². The summed E-state index contributed by atoms with van der Waals surface area (Å²) in [7, 11) is 0. The molecule has 0 aliphatic rings. The monoisotopic (exact) mass is 123 g/mol. The number of rotatable bonds is 2. The molecule has 1 radical (unpaired) electrons. The van der Waals surface area contributed by atoms with E-state index in [1.165, 1.54) is 0 Å². The van der Waals surface area contributed by atoms with Gasteiger partial charge in [0.05, 0.1) is 0 Å². The summed E-state index contributed by atoms with van der Waals surface area (Å²) in [6, 6.07) is 0. The summed E-state index contributed by atoms with van der Waals surface area (Å²) < 4.78 is 0. The minimum absolute atomic E-state index is 0. The average molecular weight is 123 g/mol. The Kier molecular flexibility index (Phi) is 5.83. The highest BCUT2D eigenvalue weighted by atomic mass is 16.5. The van der Waals surface area contributed by atoms with Gasteiger partial charge in [-0.1, -0.05) is 0 Å². The highest BCUT2D eigenvalue weighted by molar-refractivity contribution is 5.76. The van der Waals surface area contributed by atoms with Crippen LogP contribution in [0.1, 0.15) is 0 Å². The van der Waals surface area contributed by atoms with E-state index in [-0.39, 0.29) is 5.48 Å². The molecule has 0 unspecified atom stereocenters. The standard InChI is InChI=1S/C3H5O4.H2O/c4-2(5)1-3(6)7;/h1-2,4-5H,(H,6,7);1H2. The first kappa shape index (κ1) is 10.4. The van der Waals surface area contributed by atoms with Gasteiger partial charge in [-0.3, -0.25) is 4.79 Å². The molecule has 0 aliphatic heterocycles. The van der Waals surface area contributed by atoms with E-state index >= 15 is 0 Å². The van der Waals surface area contributed by atoms with Crippen LogP contribution in [0.3, 0.4) is 0 Å². The maximum absolute atomic E-state index is 9.43. The topological polar surface area (TPSA) is 109 Å². The first-order chi connectivity index (χ1) is 3.13. The van der Waals surface area contributed by atoms with Crippen molar-refractivity contribution in [3.05, 3.63) is 6.42 Å². The summed E-state index contributed by atoms with van der Waals surface area (Å²) >= 11 is 0. The van der Waals surface area contributed by atoms with Crippen LogP contribution >= 0.6 is 0 Å². The van der Waals surface area contributed by atoms with Gasteiger partial charge in [-0.2, -0.15) is 0 Å². The Balaban J connectivity index is 0. The fraction of sp³-hybridized carbons (Fsp3) is 0.333. The lowest BCUT2D eigenvalue weighted by Crippen LogP contribution is -2.11. The second-order valence-electron chi connectivity index (χ2n) is 0.919. The van der Waals surface area contributed by atoms with Gasteiger partial charge in [-0.25, -0.2) is 0 Å². The zero-order chi connectivity index (χ0) is 5.86. The average Bonchev–Trinajstić information content (AvgIpc) is 1.27. The molecule has 8 heavy (non-hydrogen) atoms.